The minimum absolute atomic E-state index is 0.0369. The molecule has 1 unspecified atom stereocenters. The highest BCUT2D eigenvalue weighted by Crippen LogP contribution is 2.25. The van der Waals surface area contributed by atoms with Crippen molar-refractivity contribution in [2.75, 3.05) is 26.2 Å². The zero-order valence-corrected chi connectivity index (χ0v) is 17.9. The number of aryl methyl sites for hydroxylation is 1. The molecule has 3 heterocycles. The lowest BCUT2D eigenvalue weighted by Crippen LogP contribution is -2.36. The molecule has 1 aromatic carbocycles. The molecular formula is C25H30N4O. The summed E-state index contributed by atoms with van der Waals surface area (Å²) < 4.78 is 0. The van der Waals surface area contributed by atoms with Crippen molar-refractivity contribution in [2.45, 2.75) is 33.1 Å². The Kier molecular flexibility index (Phi) is 6.38. The lowest BCUT2D eigenvalue weighted by molar-refractivity contribution is 0.0951. The molecule has 1 aliphatic rings. The van der Waals surface area contributed by atoms with Crippen LogP contribution in [0.2, 0.25) is 0 Å². The second-order valence-corrected chi connectivity index (χ2v) is 8.47. The molecule has 0 aliphatic carbocycles. The SMILES string of the molecule is Cc1ccc2nc(-c3cccnc3)cc(C(=O)NCCCN3CCCC(C)C3)c2c1. The van der Waals surface area contributed by atoms with Crippen LogP contribution < -0.4 is 5.32 Å². The first-order chi connectivity index (χ1) is 14.6. The molecule has 3 aromatic rings. The predicted molar refractivity (Wildman–Crippen MR) is 121 cm³/mol. The summed E-state index contributed by atoms with van der Waals surface area (Å²) in [6.45, 7) is 8.45. The number of nitrogens with one attached hydrogen (secondary N) is 1. The number of amides is 1. The van der Waals surface area contributed by atoms with E-state index >= 15 is 0 Å². The Balaban J connectivity index is 1.50. The Labute approximate surface area is 178 Å². The molecule has 1 fully saturated rings. The summed E-state index contributed by atoms with van der Waals surface area (Å²) in [6.07, 6.45) is 7.11. The number of fused-ring (bicyclic) bond motifs is 1. The van der Waals surface area contributed by atoms with Crippen molar-refractivity contribution in [3.63, 3.8) is 0 Å². The molecule has 0 bridgehead atoms. The van der Waals surface area contributed by atoms with E-state index in [1.165, 1.54) is 25.9 Å². The van der Waals surface area contributed by atoms with Crippen molar-refractivity contribution in [1.29, 1.82) is 0 Å². The molecule has 1 atom stereocenters. The first kappa shape index (κ1) is 20.5. The van der Waals surface area contributed by atoms with E-state index in [0.717, 1.165) is 46.6 Å². The molecule has 5 heteroatoms. The Morgan fingerprint density at radius 2 is 2.17 bits per heavy atom. The van der Waals surface area contributed by atoms with E-state index in [-0.39, 0.29) is 5.91 Å². The molecule has 0 radical (unpaired) electrons. The molecule has 0 saturated carbocycles. The number of nitrogens with zero attached hydrogens (tertiary/aromatic N) is 3. The lowest BCUT2D eigenvalue weighted by Gasteiger charge is -2.30. The molecule has 30 heavy (non-hydrogen) atoms. The Morgan fingerprint density at radius 3 is 2.97 bits per heavy atom. The van der Waals surface area contributed by atoms with Crippen LogP contribution in [0, 0.1) is 12.8 Å². The maximum atomic E-state index is 13.1. The van der Waals surface area contributed by atoms with Gasteiger partial charge in [0.1, 0.15) is 0 Å². The number of carbonyl (C=O) groups is 1. The number of aromatic nitrogens is 2. The summed E-state index contributed by atoms with van der Waals surface area (Å²) >= 11 is 0. The first-order valence-electron chi connectivity index (χ1n) is 10.9. The van der Waals surface area contributed by atoms with Gasteiger partial charge in [0, 0.05) is 36.4 Å². The van der Waals surface area contributed by atoms with Gasteiger partial charge in [0.2, 0.25) is 0 Å². The molecule has 4 rings (SSSR count). The summed E-state index contributed by atoms with van der Waals surface area (Å²) in [7, 11) is 0. The number of pyridine rings is 2. The van der Waals surface area contributed by atoms with E-state index in [0.29, 0.717) is 12.1 Å². The van der Waals surface area contributed by atoms with Gasteiger partial charge in [-0.1, -0.05) is 18.6 Å². The highest BCUT2D eigenvalue weighted by molar-refractivity contribution is 6.07. The average molecular weight is 403 g/mol. The van der Waals surface area contributed by atoms with Crippen LogP contribution in [-0.2, 0) is 0 Å². The third kappa shape index (κ3) is 4.85. The summed E-state index contributed by atoms with van der Waals surface area (Å²) in [6, 6.07) is 11.8. The second-order valence-electron chi connectivity index (χ2n) is 8.47. The summed E-state index contributed by atoms with van der Waals surface area (Å²) in [4.78, 5) is 24.6. The molecule has 1 amide bonds. The van der Waals surface area contributed by atoms with Gasteiger partial charge in [-0.25, -0.2) is 4.98 Å². The summed E-state index contributed by atoms with van der Waals surface area (Å²) in [5, 5.41) is 4.02. The van der Waals surface area contributed by atoms with Crippen LogP contribution >= 0.6 is 0 Å². The van der Waals surface area contributed by atoms with Gasteiger partial charge < -0.3 is 10.2 Å². The third-order valence-electron chi connectivity index (χ3n) is 5.84. The standard InChI is InChI=1S/C25H30N4O/c1-18-8-9-23-21(14-18)22(15-24(28-23)20-7-3-10-26-16-20)25(30)27-11-5-13-29-12-4-6-19(2)17-29/h3,7-10,14-16,19H,4-6,11-13,17H2,1-2H3,(H,27,30). The van der Waals surface area contributed by atoms with Crippen molar-refractivity contribution in [2.24, 2.45) is 5.92 Å². The minimum atomic E-state index is -0.0369. The number of hydrogen-bond acceptors (Lipinski definition) is 4. The van der Waals surface area contributed by atoms with Gasteiger partial charge in [-0.15, -0.1) is 0 Å². The number of piperidine rings is 1. The maximum Gasteiger partial charge on any atom is 0.252 e. The van der Waals surface area contributed by atoms with Crippen LogP contribution in [0.1, 0.15) is 42.1 Å². The fourth-order valence-corrected chi connectivity index (χ4v) is 4.28. The smallest absolute Gasteiger partial charge is 0.252 e. The molecule has 2 aromatic heterocycles. The topological polar surface area (TPSA) is 58.1 Å². The number of benzene rings is 1. The van der Waals surface area contributed by atoms with Crippen LogP contribution in [0.15, 0.2) is 48.8 Å². The van der Waals surface area contributed by atoms with Gasteiger partial charge in [0.15, 0.2) is 0 Å². The van der Waals surface area contributed by atoms with E-state index in [2.05, 4.69) is 22.1 Å². The maximum absolute atomic E-state index is 13.1. The molecule has 156 valence electrons. The first-order valence-corrected chi connectivity index (χ1v) is 10.9. The van der Waals surface area contributed by atoms with Gasteiger partial charge in [-0.2, -0.15) is 0 Å². The number of hydrogen-bond donors (Lipinski definition) is 1. The Morgan fingerprint density at radius 1 is 1.27 bits per heavy atom. The summed E-state index contributed by atoms with van der Waals surface area (Å²) in [5.74, 6) is 0.746. The molecule has 1 N–H and O–H groups in total. The second kappa shape index (κ2) is 9.35. The quantitative estimate of drug-likeness (QED) is 0.619. The van der Waals surface area contributed by atoms with Crippen molar-refractivity contribution in [1.82, 2.24) is 20.2 Å². The van der Waals surface area contributed by atoms with E-state index in [4.69, 9.17) is 4.98 Å². The van der Waals surface area contributed by atoms with Crippen LogP contribution in [0.4, 0.5) is 0 Å². The molecule has 0 spiro atoms. The number of likely N-dealkylation sites (tertiary alicyclic amines) is 1. The fraction of sp³-hybridized carbons (Fsp3) is 0.400. The minimum Gasteiger partial charge on any atom is -0.352 e. The highest BCUT2D eigenvalue weighted by atomic mass is 16.1. The highest BCUT2D eigenvalue weighted by Gasteiger charge is 2.17. The fourth-order valence-electron chi connectivity index (χ4n) is 4.28. The van der Waals surface area contributed by atoms with E-state index in [1.807, 2.05) is 43.3 Å². The number of carbonyl (C=O) groups excluding carboxylic acids is 1. The van der Waals surface area contributed by atoms with Crippen LogP contribution in [0.25, 0.3) is 22.2 Å². The molecular weight excluding hydrogens is 372 g/mol. The van der Waals surface area contributed by atoms with Crippen molar-refractivity contribution in [3.05, 3.63) is 59.9 Å². The van der Waals surface area contributed by atoms with Crippen molar-refractivity contribution < 1.29 is 4.79 Å². The Hall–Kier alpha value is -2.79. The van der Waals surface area contributed by atoms with Gasteiger partial charge in [-0.05, 0) is 75.5 Å². The predicted octanol–water partition coefficient (Wildman–Crippen LogP) is 4.46. The lowest BCUT2D eigenvalue weighted by atomic mass is 10.0. The van der Waals surface area contributed by atoms with Crippen LogP contribution in [-0.4, -0.2) is 47.0 Å². The van der Waals surface area contributed by atoms with E-state index in [1.54, 1.807) is 12.4 Å². The van der Waals surface area contributed by atoms with Crippen molar-refractivity contribution >= 4 is 16.8 Å². The van der Waals surface area contributed by atoms with Gasteiger partial charge in [0.05, 0.1) is 16.8 Å². The van der Waals surface area contributed by atoms with Gasteiger partial charge in [0.25, 0.3) is 5.91 Å². The molecule has 5 nitrogen and oxygen atoms in total. The monoisotopic (exact) mass is 402 g/mol. The zero-order valence-electron chi connectivity index (χ0n) is 17.9. The van der Waals surface area contributed by atoms with Crippen molar-refractivity contribution in [3.8, 4) is 11.3 Å². The number of rotatable bonds is 6. The van der Waals surface area contributed by atoms with Gasteiger partial charge in [-0.3, -0.25) is 9.78 Å². The zero-order chi connectivity index (χ0) is 20.9. The van der Waals surface area contributed by atoms with Crippen LogP contribution in [0.5, 0.6) is 0 Å². The normalized spacial score (nSPS) is 17.2. The van der Waals surface area contributed by atoms with E-state index < -0.39 is 0 Å². The van der Waals surface area contributed by atoms with E-state index in [9.17, 15) is 4.79 Å². The Bertz CT molecular complexity index is 1020. The molecule has 1 saturated heterocycles. The largest absolute Gasteiger partial charge is 0.352 e. The average Bonchev–Trinajstić information content (AvgIpc) is 2.76. The third-order valence-corrected chi connectivity index (χ3v) is 5.84. The summed E-state index contributed by atoms with van der Waals surface area (Å²) in [5.41, 5.74) is 4.30. The van der Waals surface area contributed by atoms with Crippen LogP contribution in [0.3, 0.4) is 0 Å². The van der Waals surface area contributed by atoms with Gasteiger partial charge >= 0.3 is 0 Å². The molecule has 1 aliphatic heterocycles.